The second-order valence-electron chi connectivity index (χ2n) is 26.7. The quantitative estimate of drug-likeness (QED) is 0.125. The van der Waals surface area contributed by atoms with Crippen molar-refractivity contribution in [3.05, 3.63) is 190 Å². The molecule has 1 aliphatic carbocycles. The standard InChI is InChI=1S/C68H77BN2/c1-43-37-58-61-59(38-43)71-62-53(67(14)35-19-20-36-68(67,71)15)39-47(60(45-23-27-48(28-24-45)63(2,3)4)46-25-29-49(30-26-46)64(5,6)7)40-55(62)69(61)54-33-31-51(66(11,12)13)42-57(54)70(58)56-34-32-50(65(8,9)10)41-52(56)44-21-17-16-18-22-44/h16-18,21-34,37-42,60H,19-20,35-36H2,1-15H3. The number of nitrogens with zero attached hydrogens (tertiary/aromatic N) is 2. The van der Waals surface area contributed by atoms with E-state index < -0.39 is 0 Å². The summed E-state index contributed by atoms with van der Waals surface area (Å²) in [5, 5.41) is 0. The molecule has 1 saturated carbocycles. The lowest BCUT2D eigenvalue weighted by Gasteiger charge is -2.53. The Bertz CT molecular complexity index is 3160. The van der Waals surface area contributed by atoms with Gasteiger partial charge >= 0.3 is 0 Å². The van der Waals surface area contributed by atoms with Crippen molar-refractivity contribution in [2.45, 2.75) is 168 Å². The van der Waals surface area contributed by atoms with Gasteiger partial charge in [-0.3, -0.25) is 0 Å². The Balaban J connectivity index is 1.23. The SMILES string of the molecule is Cc1cc2c3c(c1)N1c4c(cc(C(c5ccc(C(C)(C)C)cc5)c5ccc(C(C)(C)C)cc5)cc4C4(C)CCCCC14C)B3c1ccc(C(C)(C)C)cc1N2c1ccc(C(C)(C)C)cc1-c1ccccc1. The Labute approximate surface area is 428 Å². The summed E-state index contributed by atoms with van der Waals surface area (Å²) in [4.78, 5) is 5.59. The monoisotopic (exact) mass is 933 g/mol. The normalized spacial score (nSPS) is 19.4. The molecule has 0 aromatic heterocycles. The molecule has 0 bridgehead atoms. The van der Waals surface area contributed by atoms with E-state index in [4.69, 9.17) is 0 Å². The topological polar surface area (TPSA) is 6.48 Å². The van der Waals surface area contributed by atoms with Crippen molar-refractivity contribution >= 4 is 51.5 Å². The third-order valence-corrected chi connectivity index (χ3v) is 17.8. The molecule has 71 heavy (non-hydrogen) atoms. The lowest BCUT2D eigenvalue weighted by Crippen LogP contribution is -2.64. The molecule has 0 radical (unpaired) electrons. The van der Waals surface area contributed by atoms with Crippen molar-refractivity contribution in [2.75, 3.05) is 9.80 Å². The molecule has 2 unspecified atom stereocenters. The molecule has 362 valence electrons. The summed E-state index contributed by atoms with van der Waals surface area (Å²) in [6.45, 7) is 35.7. The van der Waals surface area contributed by atoms with Crippen LogP contribution in [0.25, 0.3) is 11.1 Å². The second-order valence-corrected chi connectivity index (χ2v) is 26.7. The summed E-state index contributed by atoms with van der Waals surface area (Å²) in [5.74, 6) is 0.0588. The van der Waals surface area contributed by atoms with Crippen molar-refractivity contribution in [3.8, 4) is 11.1 Å². The maximum Gasteiger partial charge on any atom is 0.252 e. The molecular weight excluding hydrogens is 856 g/mol. The molecule has 7 aromatic rings. The minimum atomic E-state index is -0.101. The molecule has 0 spiro atoms. The van der Waals surface area contributed by atoms with E-state index >= 15 is 0 Å². The van der Waals surface area contributed by atoms with E-state index in [0.717, 1.165) is 6.42 Å². The van der Waals surface area contributed by atoms with Crippen LogP contribution in [0.5, 0.6) is 0 Å². The summed E-state index contributed by atoms with van der Waals surface area (Å²) in [6.07, 6.45) is 4.83. The average Bonchev–Trinajstić information content (AvgIpc) is 3.52. The predicted molar refractivity (Wildman–Crippen MR) is 307 cm³/mol. The van der Waals surface area contributed by atoms with E-state index in [2.05, 4.69) is 253 Å². The van der Waals surface area contributed by atoms with Gasteiger partial charge in [-0.05, 0) is 151 Å². The third-order valence-electron chi connectivity index (χ3n) is 17.8. The number of hydrogen-bond acceptors (Lipinski definition) is 2. The maximum atomic E-state index is 2.90. The Morgan fingerprint density at radius 1 is 0.479 bits per heavy atom. The maximum absolute atomic E-state index is 2.90. The van der Waals surface area contributed by atoms with Crippen LogP contribution in [0.2, 0.25) is 0 Å². The predicted octanol–water partition coefficient (Wildman–Crippen LogP) is 16.4. The van der Waals surface area contributed by atoms with Crippen molar-refractivity contribution < 1.29 is 0 Å². The average molecular weight is 933 g/mol. The van der Waals surface area contributed by atoms with Gasteiger partial charge in [-0.15, -0.1) is 0 Å². The molecule has 3 heterocycles. The van der Waals surface area contributed by atoms with Gasteiger partial charge in [0.1, 0.15) is 0 Å². The highest BCUT2D eigenvalue weighted by atomic mass is 15.3. The van der Waals surface area contributed by atoms with Gasteiger partial charge in [-0.2, -0.15) is 0 Å². The second kappa shape index (κ2) is 16.1. The van der Waals surface area contributed by atoms with Gasteiger partial charge in [0, 0.05) is 39.6 Å². The first kappa shape index (κ1) is 47.5. The summed E-state index contributed by atoms with van der Waals surface area (Å²) >= 11 is 0. The number of rotatable bonds is 5. The van der Waals surface area contributed by atoms with E-state index in [-0.39, 0.29) is 45.2 Å². The van der Waals surface area contributed by atoms with Crippen LogP contribution in [0.4, 0.5) is 28.4 Å². The van der Waals surface area contributed by atoms with Crippen LogP contribution in [0.15, 0.2) is 140 Å². The smallest absolute Gasteiger partial charge is 0.252 e. The Hall–Kier alpha value is -5.80. The molecule has 0 saturated heterocycles. The highest BCUT2D eigenvalue weighted by molar-refractivity contribution is 7.00. The van der Waals surface area contributed by atoms with Crippen LogP contribution in [0.3, 0.4) is 0 Å². The van der Waals surface area contributed by atoms with E-state index in [1.807, 2.05) is 0 Å². The minimum Gasteiger partial charge on any atom is -0.335 e. The van der Waals surface area contributed by atoms with Crippen molar-refractivity contribution in [1.29, 1.82) is 0 Å². The van der Waals surface area contributed by atoms with E-state index in [9.17, 15) is 0 Å². The van der Waals surface area contributed by atoms with Gasteiger partial charge in [-0.1, -0.05) is 212 Å². The molecule has 7 aromatic carbocycles. The molecule has 11 rings (SSSR count). The van der Waals surface area contributed by atoms with Crippen LogP contribution < -0.4 is 26.2 Å². The van der Waals surface area contributed by atoms with E-state index in [1.165, 1.54) is 120 Å². The van der Waals surface area contributed by atoms with Crippen molar-refractivity contribution in [3.63, 3.8) is 0 Å². The highest BCUT2D eigenvalue weighted by Gasteiger charge is 2.61. The van der Waals surface area contributed by atoms with E-state index in [0.29, 0.717) is 0 Å². The number of benzene rings is 7. The first-order valence-corrected chi connectivity index (χ1v) is 26.9. The first-order valence-electron chi connectivity index (χ1n) is 26.9. The largest absolute Gasteiger partial charge is 0.335 e. The van der Waals surface area contributed by atoms with Crippen LogP contribution in [0, 0.1) is 6.92 Å². The Morgan fingerprint density at radius 3 is 1.61 bits per heavy atom. The van der Waals surface area contributed by atoms with Crippen molar-refractivity contribution in [1.82, 2.24) is 0 Å². The van der Waals surface area contributed by atoms with Crippen molar-refractivity contribution in [2.24, 2.45) is 0 Å². The molecule has 0 N–H and O–H groups in total. The van der Waals surface area contributed by atoms with Gasteiger partial charge in [0.15, 0.2) is 0 Å². The molecule has 2 nitrogen and oxygen atoms in total. The van der Waals surface area contributed by atoms with Gasteiger partial charge in [0.25, 0.3) is 6.71 Å². The number of fused-ring (bicyclic) bond motifs is 7. The Morgan fingerprint density at radius 2 is 1.01 bits per heavy atom. The minimum absolute atomic E-state index is 0.00699. The number of anilines is 5. The van der Waals surface area contributed by atoms with E-state index in [1.54, 1.807) is 5.56 Å². The fraction of sp³-hybridized carbons (Fsp3) is 0.382. The van der Waals surface area contributed by atoms with Crippen LogP contribution >= 0.6 is 0 Å². The summed E-state index contributed by atoms with van der Waals surface area (Å²) in [5.41, 5.74) is 25.8. The molecule has 4 aliphatic rings. The molecule has 0 amide bonds. The highest BCUT2D eigenvalue weighted by Crippen LogP contribution is 2.62. The third kappa shape index (κ3) is 7.48. The molecule has 3 aliphatic heterocycles. The molecular formula is C68H77BN2. The van der Waals surface area contributed by atoms with Gasteiger partial charge in [-0.25, -0.2) is 0 Å². The fourth-order valence-corrected chi connectivity index (χ4v) is 13.4. The lowest BCUT2D eigenvalue weighted by molar-refractivity contribution is 0.195. The molecule has 3 heteroatoms. The lowest BCUT2D eigenvalue weighted by atomic mass is 9.33. The van der Waals surface area contributed by atoms with Gasteiger partial charge < -0.3 is 9.80 Å². The van der Waals surface area contributed by atoms with Gasteiger partial charge in [0.2, 0.25) is 0 Å². The summed E-state index contributed by atoms with van der Waals surface area (Å²) in [7, 11) is 0. The fourth-order valence-electron chi connectivity index (χ4n) is 13.4. The van der Waals surface area contributed by atoms with Crippen LogP contribution in [-0.2, 0) is 27.1 Å². The zero-order valence-corrected chi connectivity index (χ0v) is 45.7. The van der Waals surface area contributed by atoms with Gasteiger partial charge in [0.05, 0.1) is 11.2 Å². The zero-order chi connectivity index (χ0) is 50.4. The first-order chi connectivity index (χ1) is 33.4. The zero-order valence-electron chi connectivity index (χ0n) is 45.7. The summed E-state index contributed by atoms with van der Waals surface area (Å²) in [6, 6.07) is 55.8. The molecule has 1 fully saturated rings. The molecule has 2 atom stereocenters. The summed E-state index contributed by atoms with van der Waals surface area (Å²) < 4.78 is 0. The van der Waals surface area contributed by atoms with Crippen LogP contribution in [-0.4, -0.2) is 12.3 Å². The number of hydrogen-bond donors (Lipinski definition) is 0. The number of aryl methyl sites for hydroxylation is 1. The van der Waals surface area contributed by atoms with Crippen LogP contribution in [0.1, 0.15) is 179 Å². The Kier molecular flexibility index (Phi) is 10.8.